The largest absolute Gasteiger partial charge is 0.418 e. The number of ether oxygens (including phenoxy) is 1. The number of aliphatic imine (C=N–C) groups is 1. The smallest absolute Gasteiger partial charge is 0.378 e. The van der Waals surface area contributed by atoms with Crippen LogP contribution in [-0.2, 0) is 19.4 Å². The van der Waals surface area contributed by atoms with Gasteiger partial charge in [-0.1, -0.05) is 13.3 Å². The molecule has 0 amide bonds. The van der Waals surface area contributed by atoms with E-state index in [1.807, 2.05) is 11.8 Å². The lowest BCUT2D eigenvalue weighted by Crippen LogP contribution is -2.54. The van der Waals surface area contributed by atoms with Crippen LogP contribution in [0, 0.1) is 0 Å². The van der Waals surface area contributed by atoms with Gasteiger partial charge in [-0.3, -0.25) is 9.87 Å². The van der Waals surface area contributed by atoms with Gasteiger partial charge in [-0.2, -0.15) is 18.5 Å². The van der Waals surface area contributed by atoms with Crippen LogP contribution in [0.15, 0.2) is 16.9 Å². The number of unbranched alkanes of at least 4 members (excludes halogenated alkanes) is 1. The van der Waals surface area contributed by atoms with Crippen molar-refractivity contribution in [3.63, 3.8) is 0 Å². The molecular weight excluding hydrogens is 326 g/mol. The predicted molar refractivity (Wildman–Crippen MR) is 83.3 cm³/mol. The Labute approximate surface area is 135 Å². The average molecular weight is 349 g/mol. The van der Waals surface area contributed by atoms with Crippen molar-refractivity contribution in [3.8, 4) is 0 Å². The second-order valence-corrected chi connectivity index (χ2v) is 6.18. The molecular formula is C12H23N5O5S. The first kappa shape index (κ1) is 17.9. The molecule has 1 unspecified atom stereocenters. The van der Waals surface area contributed by atoms with Crippen molar-refractivity contribution in [2.24, 2.45) is 10.7 Å². The Balaban J connectivity index is 2.16. The van der Waals surface area contributed by atoms with Crippen LogP contribution in [0.2, 0.25) is 0 Å². The molecule has 1 saturated heterocycles. The highest BCUT2D eigenvalue weighted by Crippen LogP contribution is 2.18. The minimum atomic E-state index is -4.70. The average Bonchev–Trinajstić information content (AvgIpc) is 2.50. The van der Waals surface area contributed by atoms with Crippen LogP contribution in [-0.4, -0.2) is 67.9 Å². The molecule has 1 fully saturated rings. The molecule has 2 aliphatic rings. The Kier molecular flexibility index (Phi) is 6.18. The van der Waals surface area contributed by atoms with Crippen LogP contribution < -0.4 is 11.1 Å². The molecule has 2 rings (SSSR count). The molecule has 0 saturated carbocycles. The number of morpholine rings is 1. The van der Waals surface area contributed by atoms with Crippen LogP contribution in [0.5, 0.6) is 0 Å². The molecule has 4 N–H and O–H groups in total. The molecule has 10 nitrogen and oxygen atoms in total. The second-order valence-electron chi connectivity index (χ2n) is 5.17. The first-order valence-corrected chi connectivity index (χ1v) is 8.85. The Bertz CT molecular complexity index is 558. The van der Waals surface area contributed by atoms with E-state index in [2.05, 4.69) is 14.6 Å². The Morgan fingerprint density at radius 1 is 1.52 bits per heavy atom. The van der Waals surface area contributed by atoms with Gasteiger partial charge >= 0.3 is 10.4 Å². The van der Waals surface area contributed by atoms with Crippen molar-refractivity contribution in [1.29, 1.82) is 0 Å². The van der Waals surface area contributed by atoms with Gasteiger partial charge in [0.05, 0.1) is 13.2 Å². The lowest BCUT2D eigenvalue weighted by Gasteiger charge is -2.35. The summed E-state index contributed by atoms with van der Waals surface area (Å²) in [6.07, 6.45) is 2.93. The van der Waals surface area contributed by atoms with Gasteiger partial charge in [0.2, 0.25) is 5.96 Å². The van der Waals surface area contributed by atoms with Crippen LogP contribution in [0.4, 0.5) is 0 Å². The Morgan fingerprint density at radius 2 is 2.22 bits per heavy atom. The molecule has 2 aliphatic heterocycles. The van der Waals surface area contributed by atoms with E-state index in [0.717, 1.165) is 17.9 Å². The quantitative estimate of drug-likeness (QED) is 0.401. The SMILES string of the molecule is CCCCNC1C=C(N2CCOCC2)N=C(N)N1OS(=O)(=O)O. The van der Waals surface area contributed by atoms with E-state index >= 15 is 0 Å². The summed E-state index contributed by atoms with van der Waals surface area (Å²) in [5.41, 5.74) is 5.81. The molecule has 0 spiro atoms. The summed E-state index contributed by atoms with van der Waals surface area (Å²) in [7, 11) is -4.70. The fourth-order valence-electron chi connectivity index (χ4n) is 2.28. The second kappa shape index (κ2) is 7.93. The highest BCUT2D eigenvalue weighted by molar-refractivity contribution is 7.80. The maximum absolute atomic E-state index is 11.0. The Morgan fingerprint density at radius 3 is 2.83 bits per heavy atom. The minimum absolute atomic E-state index is 0.152. The third-order valence-electron chi connectivity index (χ3n) is 3.41. The van der Waals surface area contributed by atoms with E-state index in [0.29, 0.717) is 38.7 Å². The summed E-state index contributed by atoms with van der Waals surface area (Å²) in [5, 5.41) is 3.97. The standard InChI is InChI=1S/C12H23N5O5S/c1-2-3-4-14-10-9-11(16-5-7-21-8-6-16)15-12(13)17(10)22-23(18,19)20/h9-10,14H,2-8H2,1H3,(H2,13,15)(H,18,19,20). The summed E-state index contributed by atoms with van der Waals surface area (Å²) in [6, 6.07) is 0. The minimum Gasteiger partial charge on any atom is -0.378 e. The van der Waals surface area contributed by atoms with Crippen molar-refractivity contribution < 1.29 is 22.0 Å². The summed E-state index contributed by atoms with van der Waals surface area (Å²) in [4.78, 5) is 6.16. The van der Waals surface area contributed by atoms with Gasteiger partial charge < -0.3 is 15.4 Å². The number of hydrogen-bond donors (Lipinski definition) is 3. The normalized spacial score (nSPS) is 22.8. The van der Waals surface area contributed by atoms with E-state index in [1.54, 1.807) is 6.08 Å². The molecule has 0 aromatic rings. The van der Waals surface area contributed by atoms with Gasteiger partial charge in [0.25, 0.3) is 0 Å². The summed E-state index contributed by atoms with van der Waals surface area (Å²) in [5.74, 6) is 0.468. The molecule has 1 atom stereocenters. The van der Waals surface area contributed by atoms with Crippen molar-refractivity contribution in [3.05, 3.63) is 11.9 Å². The molecule has 0 aromatic heterocycles. The number of nitrogens with zero attached hydrogens (tertiary/aromatic N) is 3. The van der Waals surface area contributed by atoms with E-state index in [4.69, 9.17) is 15.0 Å². The third-order valence-corrected chi connectivity index (χ3v) is 3.76. The lowest BCUT2D eigenvalue weighted by atomic mass is 10.3. The number of nitrogens with two attached hydrogens (primary N) is 1. The number of hydroxylamine groups is 2. The zero-order valence-corrected chi connectivity index (χ0v) is 13.8. The van der Waals surface area contributed by atoms with Gasteiger partial charge in [-0.25, -0.2) is 0 Å². The fourth-order valence-corrected chi connectivity index (χ4v) is 2.65. The topological polar surface area (TPSA) is 130 Å². The van der Waals surface area contributed by atoms with Crippen LogP contribution in [0.1, 0.15) is 19.8 Å². The predicted octanol–water partition coefficient (Wildman–Crippen LogP) is -0.759. The number of guanidine groups is 1. The van der Waals surface area contributed by atoms with Crippen molar-refractivity contribution in [1.82, 2.24) is 15.3 Å². The number of rotatable bonds is 7. The molecule has 2 heterocycles. The molecule has 0 bridgehead atoms. The summed E-state index contributed by atoms with van der Waals surface area (Å²) in [6.45, 7) is 5.19. The van der Waals surface area contributed by atoms with Crippen molar-refractivity contribution >= 4 is 16.4 Å². The van der Waals surface area contributed by atoms with Gasteiger partial charge in [0.15, 0.2) is 0 Å². The fraction of sp³-hybridized carbons (Fsp3) is 0.750. The molecule has 0 aliphatic carbocycles. The number of nitrogens with one attached hydrogen (secondary N) is 1. The van der Waals surface area contributed by atoms with E-state index < -0.39 is 16.6 Å². The number of hydrogen-bond acceptors (Lipinski definition) is 9. The maximum Gasteiger partial charge on any atom is 0.418 e. The van der Waals surface area contributed by atoms with Gasteiger partial charge in [0.1, 0.15) is 12.0 Å². The van der Waals surface area contributed by atoms with Crippen molar-refractivity contribution in [2.75, 3.05) is 32.8 Å². The molecule has 0 aromatic carbocycles. The molecule has 0 radical (unpaired) electrons. The van der Waals surface area contributed by atoms with E-state index in [1.165, 1.54) is 0 Å². The molecule has 11 heteroatoms. The monoisotopic (exact) mass is 349 g/mol. The highest BCUT2D eigenvalue weighted by atomic mass is 32.3. The summed E-state index contributed by atoms with van der Waals surface area (Å²) >= 11 is 0. The van der Waals surface area contributed by atoms with Crippen LogP contribution in [0.3, 0.4) is 0 Å². The zero-order valence-electron chi connectivity index (χ0n) is 13.0. The van der Waals surface area contributed by atoms with Gasteiger partial charge in [-0.15, -0.1) is 4.28 Å². The summed E-state index contributed by atoms with van der Waals surface area (Å²) < 4.78 is 40.8. The lowest BCUT2D eigenvalue weighted by molar-refractivity contribution is -0.0265. The van der Waals surface area contributed by atoms with E-state index in [9.17, 15) is 8.42 Å². The van der Waals surface area contributed by atoms with Crippen LogP contribution in [0.25, 0.3) is 0 Å². The highest BCUT2D eigenvalue weighted by Gasteiger charge is 2.30. The third kappa shape index (κ3) is 5.32. The zero-order chi connectivity index (χ0) is 16.9. The maximum atomic E-state index is 11.0. The van der Waals surface area contributed by atoms with Crippen LogP contribution >= 0.6 is 0 Å². The van der Waals surface area contributed by atoms with E-state index in [-0.39, 0.29) is 5.96 Å². The van der Waals surface area contributed by atoms with Gasteiger partial charge in [-0.05, 0) is 19.0 Å². The first-order valence-electron chi connectivity index (χ1n) is 7.49. The first-order chi connectivity index (χ1) is 10.9. The molecule has 132 valence electrons. The molecule has 23 heavy (non-hydrogen) atoms. The van der Waals surface area contributed by atoms with Crippen molar-refractivity contribution in [2.45, 2.75) is 25.9 Å². The van der Waals surface area contributed by atoms with Gasteiger partial charge in [0, 0.05) is 13.1 Å². The Hall–Kier alpha value is -1.40.